The number of alkyl halides is 3. The van der Waals surface area contributed by atoms with Crippen molar-refractivity contribution in [1.29, 1.82) is 0 Å². The van der Waals surface area contributed by atoms with Gasteiger partial charge in [-0.3, -0.25) is 9.69 Å². The summed E-state index contributed by atoms with van der Waals surface area (Å²) in [6, 6.07) is 3.47. The summed E-state index contributed by atoms with van der Waals surface area (Å²) < 4.78 is 66.5. The molecule has 180 valence electrons. The quantitative estimate of drug-likeness (QED) is 0.658. The summed E-state index contributed by atoms with van der Waals surface area (Å²) in [5.41, 5.74) is -0.983. The molecule has 0 radical (unpaired) electrons. The van der Waals surface area contributed by atoms with E-state index in [-0.39, 0.29) is 47.8 Å². The Morgan fingerprint density at radius 1 is 1.22 bits per heavy atom. The minimum absolute atomic E-state index is 0.0404. The number of sulfonamides is 1. The first-order valence-corrected chi connectivity index (χ1v) is 12.4. The number of fused-ring (bicyclic) bond motifs is 1. The van der Waals surface area contributed by atoms with Crippen LogP contribution in [0, 0.1) is 17.8 Å². The van der Waals surface area contributed by atoms with Gasteiger partial charge >= 0.3 is 6.18 Å². The molecule has 10 heteroatoms. The van der Waals surface area contributed by atoms with Gasteiger partial charge in [-0.1, -0.05) is 19.9 Å². The Morgan fingerprint density at radius 3 is 2.50 bits per heavy atom. The average Bonchev–Trinajstić information content (AvgIpc) is 3.27. The lowest BCUT2D eigenvalue weighted by Crippen LogP contribution is -2.49. The third-order valence-electron chi connectivity index (χ3n) is 6.57. The van der Waals surface area contributed by atoms with Crippen LogP contribution in [0.3, 0.4) is 0 Å². The summed E-state index contributed by atoms with van der Waals surface area (Å²) in [6.45, 7) is 4.58. The first-order chi connectivity index (χ1) is 14.8. The standard InChI is InChI=1S/C22H32F3N3O3S/c1-14(2)10-20(27(3)4)21(29)26-19-9-8-15-12-28(13-18(15)19)32(30,31)17-7-5-6-16(11-17)22(23,24)25/h5-7,11,14-15,18-20H,8-10,12-13H2,1-4H3,(H,26,29)/t15-,18+,19-,20-/m0/s1. The Labute approximate surface area is 188 Å². The van der Waals surface area contributed by atoms with Crippen molar-refractivity contribution in [2.45, 2.75) is 56.3 Å². The number of likely N-dealkylation sites (N-methyl/N-ethyl adjacent to an activating group) is 1. The molecule has 1 amide bonds. The highest BCUT2D eigenvalue weighted by Gasteiger charge is 2.47. The van der Waals surface area contributed by atoms with E-state index in [1.165, 1.54) is 10.4 Å². The van der Waals surface area contributed by atoms with Gasteiger partial charge in [0.15, 0.2) is 0 Å². The van der Waals surface area contributed by atoms with E-state index >= 15 is 0 Å². The van der Waals surface area contributed by atoms with Gasteiger partial charge in [-0.15, -0.1) is 0 Å². The van der Waals surface area contributed by atoms with Crippen molar-refractivity contribution in [3.8, 4) is 0 Å². The fourth-order valence-electron chi connectivity index (χ4n) is 4.86. The van der Waals surface area contributed by atoms with Crippen molar-refractivity contribution in [2.24, 2.45) is 17.8 Å². The van der Waals surface area contributed by atoms with Gasteiger partial charge in [0.1, 0.15) is 0 Å². The van der Waals surface area contributed by atoms with Crippen LogP contribution in [0.25, 0.3) is 0 Å². The zero-order chi connectivity index (χ0) is 23.8. The number of hydrogen-bond donors (Lipinski definition) is 1. The fourth-order valence-corrected chi connectivity index (χ4v) is 6.44. The highest BCUT2D eigenvalue weighted by Crippen LogP contribution is 2.41. The van der Waals surface area contributed by atoms with Crippen LogP contribution in [0.15, 0.2) is 29.2 Å². The van der Waals surface area contributed by atoms with Gasteiger partial charge in [-0.25, -0.2) is 8.42 Å². The molecule has 0 aromatic heterocycles. The fraction of sp³-hybridized carbons (Fsp3) is 0.682. The van der Waals surface area contributed by atoms with Crippen molar-refractivity contribution in [2.75, 3.05) is 27.2 Å². The van der Waals surface area contributed by atoms with Gasteiger partial charge in [0, 0.05) is 19.1 Å². The van der Waals surface area contributed by atoms with Crippen molar-refractivity contribution in [1.82, 2.24) is 14.5 Å². The zero-order valence-corrected chi connectivity index (χ0v) is 19.7. The summed E-state index contributed by atoms with van der Waals surface area (Å²) in [4.78, 5) is 14.4. The molecule has 0 unspecified atom stereocenters. The summed E-state index contributed by atoms with van der Waals surface area (Å²) in [7, 11) is -0.320. The SMILES string of the molecule is CC(C)C[C@@H](C(=O)N[C@H]1CC[C@H]2CN(S(=O)(=O)c3cccc(C(F)(F)F)c3)C[C@H]21)N(C)C. The molecule has 1 aromatic carbocycles. The van der Waals surface area contributed by atoms with Gasteiger partial charge in [0.25, 0.3) is 0 Å². The predicted molar refractivity (Wildman–Crippen MR) is 115 cm³/mol. The highest BCUT2D eigenvalue weighted by molar-refractivity contribution is 7.89. The maximum Gasteiger partial charge on any atom is 0.416 e. The van der Waals surface area contributed by atoms with E-state index in [0.717, 1.165) is 31.4 Å². The van der Waals surface area contributed by atoms with Crippen LogP contribution in [0.5, 0.6) is 0 Å². The lowest BCUT2D eigenvalue weighted by molar-refractivity contribution is -0.137. The molecule has 1 heterocycles. The molecular formula is C22H32F3N3O3S. The second-order valence-corrected chi connectivity index (χ2v) is 11.5. The van der Waals surface area contributed by atoms with E-state index < -0.39 is 21.8 Å². The molecule has 0 spiro atoms. The van der Waals surface area contributed by atoms with Crippen molar-refractivity contribution in [3.05, 3.63) is 29.8 Å². The highest BCUT2D eigenvalue weighted by atomic mass is 32.2. The smallest absolute Gasteiger partial charge is 0.352 e. The minimum atomic E-state index is -4.61. The van der Waals surface area contributed by atoms with Crippen LogP contribution in [-0.4, -0.2) is 62.8 Å². The van der Waals surface area contributed by atoms with Crippen molar-refractivity contribution >= 4 is 15.9 Å². The van der Waals surface area contributed by atoms with Gasteiger partial charge in [-0.05, 0) is 69.3 Å². The van der Waals surface area contributed by atoms with Crippen LogP contribution in [-0.2, 0) is 21.0 Å². The number of amides is 1. The molecule has 1 N–H and O–H groups in total. The van der Waals surface area contributed by atoms with Gasteiger partial charge in [-0.2, -0.15) is 17.5 Å². The molecule has 1 saturated heterocycles. The number of nitrogens with zero attached hydrogens (tertiary/aromatic N) is 2. The van der Waals surface area contributed by atoms with Crippen molar-refractivity contribution < 1.29 is 26.4 Å². The third-order valence-corrected chi connectivity index (χ3v) is 8.40. The van der Waals surface area contributed by atoms with Crippen LogP contribution in [0.4, 0.5) is 13.2 Å². The average molecular weight is 476 g/mol. The molecule has 32 heavy (non-hydrogen) atoms. The predicted octanol–water partition coefficient (Wildman–Crippen LogP) is 3.20. The molecule has 1 saturated carbocycles. The van der Waals surface area contributed by atoms with Gasteiger partial charge in [0.2, 0.25) is 15.9 Å². The zero-order valence-electron chi connectivity index (χ0n) is 18.9. The molecule has 1 aliphatic carbocycles. The molecule has 2 fully saturated rings. The van der Waals surface area contributed by atoms with Crippen LogP contribution < -0.4 is 5.32 Å². The second kappa shape index (κ2) is 9.30. The lowest BCUT2D eigenvalue weighted by Gasteiger charge is -2.28. The Morgan fingerprint density at radius 2 is 1.91 bits per heavy atom. The molecule has 3 rings (SSSR count). The molecular weight excluding hydrogens is 443 g/mol. The van der Waals surface area contributed by atoms with E-state index in [9.17, 15) is 26.4 Å². The molecule has 6 nitrogen and oxygen atoms in total. The summed E-state index contributed by atoms with van der Waals surface area (Å²) in [6.07, 6.45) is -2.33. The Kier molecular flexibility index (Phi) is 7.26. The van der Waals surface area contributed by atoms with Gasteiger partial charge in [0.05, 0.1) is 16.5 Å². The summed E-state index contributed by atoms with van der Waals surface area (Å²) in [5, 5.41) is 3.13. The number of hydrogen-bond acceptors (Lipinski definition) is 4. The summed E-state index contributed by atoms with van der Waals surface area (Å²) in [5.74, 6) is 0.336. The number of carbonyl (C=O) groups excluding carboxylic acids is 1. The number of benzene rings is 1. The van der Waals surface area contributed by atoms with Crippen LogP contribution >= 0.6 is 0 Å². The topological polar surface area (TPSA) is 69.7 Å². The maximum absolute atomic E-state index is 13.1. The molecule has 4 atom stereocenters. The number of halogens is 3. The Balaban J connectivity index is 1.72. The van der Waals surface area contributed by atoms with Crippen LogP contribution in [0.1, 0.15) is 38.7 Å². The van der Waals surface area contributed by atoms with E-state index in [1.54, 1.807) is 0 Å². The first-order valence-electron chi connectivity index (χ1n) is 10.9. The largest absolute Gasteiger partial charge is 0.416 e. The Bertz CT molecular complexity index is 934. The van der Waals surface area contributed by atoms with E-state index in [2.05, 4.69) is 19.2 Å². The number of nitrogens with one attached hydrogen (secondary N) is 1. The summed E-state index contributed by atoms with van der Waals surface area (Å²) >= 11 is 0. The molecule has 0 bridgehead atoms. The van der Waals surface area contributed by atoms with E-state index in [4.69, 9.17) is 0 Å². The second-order valence-electron chi connectivity index (χ2n) is 9.57. The van der Waals surface area contributed by atoms with Crippen molar-refractivity contribution in [3.63, 3.8) is 0 Å². The monoisotopic (exact) mass is 475 g/mol. The third kappa shape index (κ3) is 5.28. The number of carbonyl (C=O) groups is 1. The molecule has 1 aromatic rings. The molecule has 1 aliphatic heterocycles. The van der Waals surface area contributed by atoms with E-state index in [1.807, 2.05) is 19.0 Å². The van der Waals surface area contributed by atoms with E-state index in [0.29, 0.717) is 12.0 Å². The minimum Gasteiger partial charge on any atom is -0.352 e. The molecule has 2 aliphatic rings. The van der Waals surface area contributed by atoms with Crippen LogP contribution in [0.2, 0.25) is 0 Å². The normalized spacial score (nSPS) is 25.3. The lowest BCUT2D eigenvalue weighted by atomic mass is 9.96. The maximum atomic E-state index is 13.1. The Hall–Kier alpha value is -1.65. The number of rotatable bonds is 7. The first kappa shape index (κ1) is 25.0. The van der Waals surface area contributed by atoms with Gasteiger partial charge < -0.3 is 5.32 Å².